The first kappa shape index (κ1) is 17.4. The molecule has 3 aromatic rings. The molecule has 1 amide bonds. The zero-order chi connectivity index (χ0) is 18.9. The van der Waals surface area contributed by atoms with Crippen molar-refractivity contribution in [1.82, 2.24) is 14.7 Å². The molecule has 1 fully saturated rings. The van der Waals surface area contributed by atoms with Crippen molar-refractivity contribution >= 4 is 17.2 Å². The number of rotatable bonds is 5. The highest BCUT2D eigenvalue weighted by atomic mass is 19.3. The lowest BCUT2D eigenvalue weighted by Gasteiger charge is -2.12. The van der Waals surface area contributed by atoms with E-state index in [1.165, 1.54) is 0 Å². The molecule has 8 heteroatoms. The smallest absolute Gasteiger partial charge is 0.262 e. The Morgan fingerprint density at radius 1 is 1.33 bits per heavy atom. The molecule has 1 unspecified atom stereocenters. The SMILES string of the molecule is O=C(Nc1cccc(OCc2cn3ccccc3n2)c1)C1CC(F)(F)CN1. The second-order valence-corrected chi connectivity index (χ2v) is 6.50. The summed E-state index contributed by atoms with van der Waals surface area (Å²) >= 11 is 0. The van der Waals surface area contributed by atoms with Crippen LogP contribution in [0.2, 0.25) is 0 Å². The number of hydrogen-bond acceptors (Lipinski definition) is 4. The van der Waals surface area contributed by atoms with Gasteiger partial charge >= 0.3 is 0 Å². The van der Waals surface area contributed by atoms with Crippen molar-refractivity contribution in [2.24, 2.45) is 0 Å². The Morgan fingerprint density at radius 3 is 3.00 bits per heavy atom. The van der Waals surface area contributed by atoms with Crippen LogP contribution in [0.4, 0.5) is 14.5 Å². The third-order valence-corrected chi connectivity index (χ3v) is 4.33. The highest BCUT2D eigenvalue weighted by Crippen LogP contribution is 2.26. The number of nitrogens with one attached hydrogen (secondary N) is 2. The number of anilines is 1. The number of carbonyl (C=O) groups is 1. The third-order valence-electron chi connectivity index (χ3n) is 4.33. The molecule has 27 heavy (non-hydrogen) atoms. The molecule has 0 bridgehead atoms. The molecule has 2 aromatic heterocycles. The molecule has 1 aliphatic heterocycles. The van der Waals surface area contributed by atoms with Gasteiger partial charge in [-0.1, -0.05) is 12.1 Å². The summed E-state index contributed by atoms with van der Waals surface area (Å²) in [6.45, 7) is -0.206. The Labute approximate surface area is 154 Å². The van der Waals surface area contributed by atoms with E-state index in [0.717, 1.165) is 11.3 Å². The highest BCUT2D eigenvalue weighted by molar-refractivity contribution is 5.95. The number of benzene rings is 1. The number of imidazole rings is 1. The minimum Gasteiger partial charge on any atom is -0.487 e. The molecule has 0 spiro atoms. The molecule has 1 saturated heterocycles. The van der Waals surface area contributed by atoms with E-state index in [0.29, 0.717) is 11.4 Å². The van der Waals surface area contributed by atoms with Gasteiger partial charge in [0.25, 0.3) is 5.92 Å². The monoisotopic (exact) mass is 372 g/mol. The van der Waals surface area contributed by atoms with Crippen LogP contribution in [0.15, 0.2) is 54.9 Å². The third kappa shape index (κ3) is 4.06. The average Bonchev–Trinajstić information content (AvgIpc) is 3.23. The number of alkyl halides is 2. The van der Waals surface area contributed by atoms with Gasteiger partial charge in [-0.25, -0.2) is 13.8 Å². The number of hydrogen-bond donors (Lipinski definition) is 2. The summed E-state index contributed by atoms with van der Waals surface area (Å²) in [4.78, 5) is 16.6. The number of aromatic nitrogens is 2. The molecule has 3 heterocycles. The van der Waals surface area contributed by atoms with Crippen LogP contribution in [0.25, 0.3) is 5.65 Å². The maximum Gasteiger partial charge on any atom is 0.262 e. The molecule has 0 aliphatic carbocycles. The normalized spacial score (nSPS) is 18.5. The average molecular weight is 372 g/mol. The lowest BCUT2D eigenvalue weighted by molar-refractivity contribution is -0.118. The van der Waals surface area contributed by atoms with Crippen molar-refractivity contribution in [1.29, 1.82) is 0 Å². The first-order valence-electron chi connectivity index (χ1n) is 8.56. The van der Waals surface area contributed by atoms with Gasteiger partial charge in [0.05, 0.1) is 18.3 Å². The van der Waals surface area contributed by atoms with Gasteiger partial charge in [0.2, 0.25) is 5.91 Å². The molecule has 1 aromatic carbocycles. The molecule has 6 nitrogen and oxygen atoms in total. The maximum absolute atomic E-state index is 13.2. The maximum atomic E-state index is 13.2. The van der Waals surface area contributed by atoms with Crippen LogP contribution in [0.3, 0.4) is 0 Å². The van der Waals surface area contributed by atoms with Crippen LogP contribution in [-0.4, -0.2) is 33.8 Å². The number of amides is 1. The number of fused-ring (bicyclic) bond motifs is 1. The molecular weight excluding hydrogens is 354 g/mol. The van der Waals surface area contributed by atoms with Crippen molar-refractivity contribution in [2.75, 3.05) is 11.9 Å². The van der Waals surface area contributed by atoms with Gasteiger partial charge < -0.3 is 14.5 Å². The lowest BCUT2D eigenvalue weighted by Crippen LogP contribution is -2.35. The number of carbonyl (C=O) groups excluding carboxylic acids is 1. The minimum atomic E-state index is -2.85. The summed E-state index contributed by atoms with van der Waals surface area (Å²) in [6.07, 6.45) is 3.29. The van der Waals surface area contributed by atoms with Gasteiger partial charge in [0, 0.05) is 30.6 Å². The zero-order valence-electron chi connectivity index (χ0n) is 14.4. The second kappa shape index (κ2) is 6.96. The molecule has 4 rings (SSSR count). The van der Waals surface area contributed by atoms with Crippen molar-refractivity contribution in [3.05, 3.63) is 60.6 Å². The quantitative estimate of drug-likeness (QED) is 0.723. The molecule has 1 aliphatic rings. The van der Waals surface area contributed by atoms with Gasteiger partial charge in [0.15, 0.2) is 0 Å². The summed E-state index contributed by atoms with van der Waals surface area (Å²) < 4.78 is 34.1. The second-order valence-electron chi connectivity index (χ2n) is 6.50. The van der Waals surface area contributed by atoms with Gasteiger partial charge in [-0.05, 0) is 24.3 Å². The fourth-order valence-electron chi connectivity index (χ4n) is 3.01. The van der Waals surface area contributed by atoms with Crippen LogP contribution in [0, 0.1) is 0 Å². The van der Waals surface area contributed by atoms with Crippen LogP contribution < -0.4 is 15.4 Å². The number of halogens is 2. The molecule has 0 radical (unpaired) electrons. The van der Waals surface area contributed by atoms with E-state index in [4.69, 9.17) is 4.74 Å². The number of ether oxygens (including phenoxy) is 1. The van der Waals surface area contributed by atoms with Crippen molar-refractivity contribution in [2.45, 2.75) is 25.0 Å². The predicted molar refractivity (Wildman–Crippen MR) is 96.0 cm³/mol. The van der Waals surface area contributed by atoms with E-state index in [1.807, 2.05) is 35.0 Å². The Balaban J connectivity index is 1.38. The van der Waals surface area contributed by atoms with E-state index in [2.05, 4.69) is 15.6 Å². The van der Waals surface area contributed by atoms with Gasteiger partial charge in [0.1, 0.15) is 18.0 Å². The van der Waals surface area contributed by atoms with E-state index < -0.39 is 30.8 Å². The fourth-order valence-corrected chi connectivity index (χ4v) is 3.01. The van der Waals surface area contributed by atoms with Crippen molar-refractivity contribution < 1.29 is 18.3 Å². The number of nitrogens with zero attached hydrogens (tertiary/aromatic N) is 2. The summed E-state index contributed by atoms with van der Waals surface area (Å²) in [7, 11) is 0. The first-order valence-corrected chi connectivity index (χ1v) is 8.56. The molecule has 1 atom stereocenters. The van der Waals surface area contributed by atoms with E-state index in [1.54, 1.807) is 24.3 Å². The largest absolute Gasteiger partial charge is 0.487 e. The Hall–Kier alpha value is -3.00. The molecule has 2 N–H and O–H groups in total. The van der Waals surface area contributed by atoms with E-state index in [-0.39, 0.29) is 6.61 Å². The topological polar surface area (TPSA) is 67.7 Å². The summed E-state index contributed by atoms with van der Waals surface area (Å²) in [5.41, 5.74) is 2.09. The summed E-state index contributed by atoms with van der Waals surface area (Å²) in [6, 6.07) is 11.7. The zero-order valence-corrected chi connectivity index (χ0v) is 14.4. The standard InChI is InChI=1S/C19H18F2N4O2/c20-19(21)9-16(22-12-19)18(26)24-13-4-3-5-15(8-13)27-11-14-10-25-7-2-1-6-17(25)23-14/h1-8,10,16,22H,9,11-12H2,(H,24,26). The number of pyridine rings is 1. The van der Waals surface area contributed by atoms with Gasteiger partial charge in [-0.2, -0.15) is 0 Å². The molecule has 0 saturated carbocycles. The van der Waals surface area contributed by atoms with Crippen LogP contribution >= 0.6 is 0 Å². The minimum absolute atomic E-state index is 0.273. The Morgan fingerprint density at radius 2 is 2.22 bits per heavy atom. The van der Waals surface area contributed by atoms with Crippen LogP contribution in [-0.2, 0) is 11.4 Å². The predicted octanol–water partition coefficient (Wildman–Crippen LogP) is 2.85. The fraction of sp³-hybridized carbons (Fsp3) is 0.263. The summed E-state index contributed by atoms with van der Waals surface area (Å²) in [5.74, 6) is -2.78. The van der Waals surface area contributed by atoms with Crippen LogP contribution in [0.1, 0.15) is 12.1 Å². The lowest BCUT2D eigenvalue weighted by atomic mass is 10.2. The first-order chi connectivity index (χ1) is 13.0. The Kier molecular flexibility index (Phi) is 4.49. The van der Waals surface area contributed by atoms with Crippen molar-refractivity contribution in [3.63, 3.8) is 0 Å². The van der Waals surface area contributed by atoms with Crippen molar-refractivity contribution in [3.8, 4) is 5.75 Å². The van der Waals surface area contributed by atoms with E-state index in [9.17, 15) is 13.6 Å². The van der Waals surface area contributed by atoms with Gasteiger partial charge in [-0.15, -0.1) is 0 Å². The van der Waals surface area contributed by atoms with Crippen LogP contribution in [0.5, 0.6) is 5.75 Å². The molecular formula is C19H18F2N4O2. The van der Waals surface area contributed by atoms with E-state index >= 15 is 0 Å². The Bertz CT molecular complexity index is 940. The van der Waals surface area contributed by atoms with Gasteiger partial charge in [-0.3, -0.25) is 10.1 Å². The summed E-state index contributed by atoms with van der Waals surface area (Å²) in [5, 5.41) is 5.18. The highest BCUT2D eigenvalue weighted by Gasteiger charge is 2.42. The molecule has 140 valence electrons.